The van der Waals surface area contributed by atoms with Gasteiger partial charge in [-0.2, -0.15) is 0 Å². The van der Waals surface area contributed by atoms with Gasteiger partial charge in [0.25, 0.3) is 0 Å². The Morgan fingerprint density at radius 3 is 1.91 bits per heavy atom. The summed E-state index contributed by atoms with van der Waals surface area (Å²) >= 11 is 0. The summed E-state index contributed by atoms with van der Waals surface area (Å²) in [5.41, 5.74) is 9.73. The standard InChI is InChI=1S/C40H26BNO3/c43-41(44)34-11-6-12-38-40(34)33-24-29(19-22-37(33)45-38)26-15-13-25(14-16-26)28-18-20-35-32(23-28)39-31-10-5-4-7-27(31)17-21-36(39)42(35)30-8-2-1-3-9-30/h1-24,43-44H. The van der Waals surface area contributed by atoms with E-state index >= 15 is 0 Å². The minimum Gasteiger partial charge on any atom is -0.456 e. The Morgan fingerprint density at radius 2 is 1.13 bits per heavy atom. The molecule has 0 spiro atoms. The molecule has 9 rings (SSSR count). The van der Waals surface area contributed by atoms with Crippen molar-refractivity contribution in [1.29, 1.82) is 0 Å². The fourth-order valence-corrected chi connectivity index (χ4v) is 6.93. The van der Waals surface area contributed by atoms with Crippen molar-refractivity contribution in [1.82, 2.24) is 4.57 Å². The Bertz CT molecular complexity index is 2560. The van der Waals surface area contributed by atoms with E-state index in [0.29, 0.717) is 16.6 Å². The van der Waals surface area contributed by atoms with Gasteiger partial charge in [0, 0.05) is 27.2 Å². The van der Waals surface area contributed by atoms with Crippen LogP contribution < -0.4 is 5.46 Å². The Labute approximate surface area is 259 Å². The monoisotopic (exact) mass is 579 g/mol. The van der Waals surface area contributed by atoms with Gasteiger partial charge in [0.1, 0.15) is 11.2 Å². The molecule has 0 saturated carbocycles. The first-order valence-electron chi connectivity index (χ1n) is 15.1. The van der Waals surface area contributed by atoms with Gasteiger partial charge in [-0.3, -0.25) is 0 Å². The fourth-order valence-electron chi connectivity index (χ4n) is 6.93. The van der Waals surface area contributed by atoms with E-state index < -0.39 is 7.12 Å². The fraction of sp³-hybridized carbons (Fsp3) is 0. The van der Waals surface area contributed by atoms with Gasteiger partial charge in [0.15, 0.2) is 0 Å². The highest BCUT2D eigenvalue weighted by atomic mass is 16.4. The molecule has 0 unspecified atom stereocenters. The van der Waals surface area contributed by atoms with Crippen molar-refractivity contribution in [3.05, 3.63) is 146 Å². The maximum atomic E-state index is 9.97. The normalized spacial score (nSPS) is 11.8. The molecule has 0 fully saturated rings. The highest BCUT2D eigenvalue weighted by molar-refractivity contribution is 6.62. The Balaban J connectivity index is 1.17. The maximum absolute atomic E-state index is 9.97. The zero-order valence-electron chi connectivity index (χ0n) is 24.2. The molecule has 212 valence electrons. The third-order valence-corrected chi connectivity index (χ3v) is 9.03. The van der Waals surface area contributed by atoms with Crippen LogP contribution in [-0.2, 0) is 0 Å². The topological polar surface area (TPSA) is 58.5 Å². The predicted molar refractivity (Wildman–Crippen MR) is 186 cm³/mol. The lowest BCUT2D eigenvalue weighted by Gasteiger charge is -2.09. The number of hydrogen-bond acceptors (Lipinski definition) is 3. The third-order valence-electron chi connectivity index (χ3n) is 9.03. The van der Waals surface area contributed by atoms with Gasteiger partial charge >= 0.3 is 7.12 Å². The van der Waals surface area contributed by atoms with Gasteiger partial charge in [0.2, 0.25) is 0 Å². The number of aromatic nitrogens is 1. The molecule has 0 aliphatic rings. The number of para-hydroxylation sites is 1. The molecule has 4 nitrogen and oxygen atoms in total. The van der Waals surface area contributed by atoms with E-state index in [2.05, 4.69) is 120 Å². The third kappa shape index (κ3) is 4.02. The zero-order chi connectivity index (χ0) is 30.1. The summed E-state index contributed by atoms with van der Waals surface area (Å²) in [6.45, 7) is 0. The minimum atomic E-state index is -1.57. The molecule has 2 heterocycles. The van der Waals surface area contributed by atoms with E-state index in [-0.39, 0.29) is 0 Å². The SMILES string of the molecule is OB(O)c1cccc2oc3ccc(-c4ccc(-c5ccc6c(c5)c5c7ccccc7ccc5n6-c5ccccc5)cc4)cc3c12. The largest absolute Gasteiger partial charge is 0.489 e. The quantitative estimate of drug-likeness (QED) is 0.205. The maximum Gasteiger partial charge on any atom is 0.489 e. The van der Waals surface area contributed by atoms with Crippen molar-refractivity contribution in [2.24, 2.45) is 0 Å². The van der Waals surface area contributed by atoms with Gasteiger partial charge in [-0.05, 0) is 87.0 Å². The number of benzene rings is 7. The van der Waals surface area contributed by atoms with Crippen molar-refractivity contribution in [3.63, 3.8) is 0 Å². The lowest BCUT2D eigenvalue weighted by molar-refractivity contribution is 0.426. The van der Waals surface area contributed by atoms with E-state index in [1.165, 1.54) is 32.6 Å². The van der Waals surface area contributed by atoms with Gasteiger partial charge in [-0.25, -0.2) is 0 Å². The summed E-state index contributed by atoms with van der Waals surface area (Å²) in [5, 5.41) is 26.5. The molecule has 7 aromatic carbocycles. The molecule has 2 aromatic heterocycles. The zero-order valence-corrected chi connectivity index (χ0v) is 24.2. The van der Waals surface area contributed by atoms with Crippen LogP contribution >= 0.6 is 0 Å². The smallest absolute Gasteiger partial charge is 0.456 e. The summed E-state index contributed by atoms with van der Waals surface area (Å²) < 4.78 is 8.37. The molecule has 45 heavy (non-hydrogen) atoms. The highest BCUT2D eigenvalue weighted by Gasteiger charge is 2.20. The van der Waals surface area contributed by atoms with Gasteiger partial charge in [-0.1, -0.05) is 97.1 Å². The Kier molecular flexibility index (Phi) is 5.72. The number of hydrogen-bond donors (Lipinski definition) is 2. The molecule has 0 amide bonds. The molecule has 0 bridgehead atoms. The van der Waals surface area contributed by atoms with E-state index in [1.54, 1.807) is 12.1 Å². The summed E-state index contributed by atoms with van der Waals surface area (Å²) in [5.74, 6) is 0. The first kappa shape index (κ1) is 25.8. The van der Waals surface area contributed by atoms with E-state index in [1.807, 2.05) is 18.2 Å². The second-order valence-corrected chi connectivity index (χ2v) is 11.6. The molecule has 0 aliphatic heterocycles. The molecule has 9 aromatic rings. The van der Waals surface area contributed by atoms with Crippen LogP contribution in [-0.4, -0.2) is 21.7 Å². The number of nitrogens with zero attached hydrogens (tertiary/aromatic N) is 1. The van der Waals surface area contributed by atoms with Gasteiger partial charge in [0.05, 0.1) is 11.0 Å². The lowest BCUT2D eigenvalue weighted by atomic mass is 9.77. The number of fused-ring (bicyclic) bond motifs is 8. The molecule has 2 N–H and O–H groups in total. The summed E-state index contributed by atoms with van der Waals surface area (Å²) in [4.78, 5) is 0. The van der Waals surface area contributed by atoms with Crippen LogP contribution in [0.3, 0.4) is 0 Å². The molecular weight excluding hydrogens is 553 g/mol. The first-order valence-corrected chi connectivity index (χ1v) is 15.1. The molecule has 0 saturated heterocycles. The number of rotatable bonds is 4. The average molecular weight is 579 g/mol. The molecule has 0 aliphatic carbocycles. The van der Waals surface area contributed by atoms with Crippen LogP contribution in [0.25, 0.3) is 82.5 Å². The van der Waals surface area contributed by atoms with Crippen molar-refractivity contribution >= 4 is 67.1 Å². The molecule has 0 atom stereocenters. The van der Waals surface area contributed by atoms with Crippen LogP contribution in [0.2, 0.25) is 0 Å². The van der Waals surface area contributed by atoms with Crippen LogP contribution in [0.5, 0.6) is 0 Å². The minimum absolute atomic E-state index is 0.440. The van der Waals surface area contributed by atoms with Crippen molar-refractivity contribution < 1.29 is 14.5 Å². The summed E-state index contributed by atoms with van der Waals surface area (Å²) in [6.07, 6.45) is 0. The second-order valence-electron chi connectivity index (χ2n) is 11.6. The van der Waals surface area contributed by atoms with Crippen molar-refractivity contribution in [3.8, 4) is 27.9 Å². The van der Waals surface area contributed by atoms with Crippen LogP contribution in [0.1, 0.15) is 0 Å². The van der Waals surface area contributed by atoms with Crippen LogP contribution in [0.4, 0.5) is 0 Å². The summed E-state index contributed by atoms with van der Waals surface area (Å²) in [6, 6.07) is 50.5. The first-order chi connectivity index (χ1) is 22.1. The molecular formula is C40H26BNO3. The van der Waals surface area contributed by atoms with Crippen molar-refractivity contribution in [2.75, 3.05) is 0 Å². The predicted octanol–water partition coefficient (Wildman–Crippen LogP) is 8.85. The Morgan fingerprint density at radius 1 is 0.467 bits per heavy atom. The van der Waals surface area contributed by atoms with Crippen LogP contribution in [0.15, 0.2) is 150 Å². The highest BCUT2D eigenvalue weighted by Crippen LogP contribution is 2.39. The van der Waals surface area contributed by atoms with Gasteiger partial charge in [-0.15, -0.1) is 0 Å². The Hall–Kier alpha value is -5.62. The summed E-state index contributed by atoms with van der Waals surface area (Å²) in [7, 11) is -1.57. The van der Waals surface area contributed by atoms with E-state index in [0.717, 1.165) is 38.7 Å². The van der Waals surface area contributed by atoms with Crippen LogP contribution in [0, 0.1) is 0 Å². The number of furan rings is 1. The molecule has 5 heteroatoms. The van der Waals surface area contributed by atoms with E-state index in [9.17, 15) is 10.0 Å². The average Bonchev–Trinajstić information content (AvgIpc) is 3.64. The van der Waals surface area contributed by atoms with E-state index in [4.69, 9.17) is 4.42 Å². The lowest BCUT2D eigenvalue weighted by Crippen LogP contribution is -2.30. The van der Waals surface area contributed by atoms with Crippen molar-refractivity contribution in [2.45, 2.75) is 0 Å². The molecule has 0 radical (unpaired) electrons. The van der Waals surface area contributed by atoms with Gasteiger partial charge < -0.3 is 19.0 Å². The second kappa shape index (κ2) is 9.96.